The van der Waals surface area contributed by atoms with Gasteiger partial charge in [-0.2, -0.15) is 83.4 Å². The van der Waals surface area contributed by atoms with Gasteiger partial charge in [0.15, 0.2) is 0 Å². The molecule has 0 saturated carbocycles. The zero-order chi connectivity index (χ0) is 36.7. The summed E-state index contributed by atoms with van der Waals surface area (Å²) in [6.07, 6.45) is 21.4. The van der Waals surface area contributed by atoms with Gasteiger partial charge in [0, 0.05) is 5.41 Å². The van der Waals surface area contributed by atoms with Crippen molar-refractivity contribution >= 4 is 41.2 Å². The van der Waals surface area contributed by atoms with Crippen LogP contribution in [0, 0.1) is 24.3 Å². The fourth-order valence-corrected chi connectivity index (χ4v) is 6.52. The van der Waals surface area contributed by atoms with Crippen LogP contribution in [0.25, 0.3) is 23.3 Å². The first-order chi connectivity index (χ1) is 23.6. The van der Waals surface area contributed by atoms with Crippen LogP contribution in [0.2, 0.25) is 0 Å². The van der Waals surface area contributed by atoms with Gasteiger partial charge in [0.1, 0.15) is 0 Å². The molecule has 4 aliphatic carbocycles. The minimum atomic E-state index is 0. The maximum absolute atomic E-state index is 3.50. The van der Waals surface area contributed by atoms with Crippen LogP contribution in [0.5, 0.6) is 0 Å². The van der Waals surface area contributed by atoms with E-state index in [2.05, 4.69) is 171 Å². The number of allylic oxidation sites excluding steroid dienone is 6. The van der Waals surface area contributed by atoms with Gasteiger partial charge in [-0.15, -0.1) is 42.9 Å². The molecule has 0 aromatic heterocycles. The normalized spacial score (nSPS) is 15.2. The Labute approximate surface area is 343 Å². The van der Waals surface area contributed by atoms with E-state index in [1.165, 1.54) is 79.9 Å². The van der Waals surface area contributed by atoms with E-state index in [1.807, 2.05) is 36.4 Å². The van der Waals surface area contributed by atoms with Crippen molar-refractivity contribution in [2.24, 2.45) is 0 Å². The zero-order valence-electron chi connectivity index (χ0n) is 32.8. The van der Waals surface area contributed by atoms with E-state index in [4.69, 9.17) is 0 Å². The molecule has 0 fully saturated rings. The van der Waals surface area contributed by atoms with Gasteiger partial charge in [0.05, 0.1) is 0 Å². The molecule has 4 aliphatic rings. The van der Waals surface area contributed by atoms with Gasteiger partial charge < -0.3 is 0 Å². The summed E-state index contributed by atoms with van der Waals surface area (Å²) in [5, 5.41) is 0. The fourth-order valence-electron chi connectivity index (χ4n) is 6.52. The third kappa shape index (κ3) is 11.3. The first kappa shape index (κ1) is 45.3. The average molecular weight is 807 g/mol. The minimum absolute atomic E-state index is 0. The van der Waals surface area contributed by atoms with Gasteiger partial charge in [0.25, 0.3) is 0 Å². The van der Waals surface area contributed by atoms with Crippen molar-refractivity contribution in [2.75, 3.05) is 0 Å². The number of hydrogen-bond acceptors (Lipinski definition) is 0. The molecule has 274 valence electrons. The molecular formula is C49H56Cl2Zr-4. The fraction of sp³-hybridized carbons (Fsp3) is 0.327. The predicted molar refractivity (Wildman–Crippen MR) is 229 cm³/mol. The second-order valence-electron chi connectivity index (χ2n) is 16.4. The summed E-state index contributed by atoms with van der Waals surface area (Å²) in [4.78, 5) is 0. The summed E-state index contributed by atoms with van der Waals surface area (Å²) >= 11 is 1.30. The van der Waals surface area contributed by atoms with Crippen LogP contribution >= 0.6 is 24.8 Å². The molecule has 3 heteroatoms. The van der Waals surface area contributed by atoms with Gasteiger partial charge in [-0.1, -0.05) is 98.9 Å². The van der Waals surface area contributed by atoms with Crippen molar-refractivity contribution in [3.8, 4) is 11.1 Å². The van der Waals surface area contributed by atoms with Crippen LogP contribution in [0.4, 0.5) is 0 Å². The average Bonchev–Trinajstić information content (AvgIpc) is 3.89. The van der Waals surface area contributed by atoms with Gasteiger partial charge in [-0.05, 0) is 56.7 Å². The Balaban J connectivity index is 0.000000271. The molecule has 8 rings (SSSR count). The van der Waals surface area contributed by atoms with Crippen molar-refractivity contribution in [1.82, 2.24) is 0 Å². The van der Waals surface area contributed by atoms with Crippen molar-refractivity contribution in [2.45, 2.75) is 104 Å². The number of rotatable bonds is 0. The standard InChI is InChI=1S/C23H21.2C10H13.C5H5.CH2.2ClH.Zr/c1-22(2)7-5-14-10-18-16(12-20(14)22)9-17-13-21-15(11-19(17)18)6-8-23(21,3)4;2*1-10(2,3)9-7-5-4-6-8-9;1-2-4-5-3-1;;;;/h5-7,10-13H,9H2,1-4H3;2*5-8H,1-3H3;1-3H,4H2;1H2;2*1H;/q4*-1;;;;. The van der Waals surface area contributed by atoms with E-state index in [0.717, 1.165) is 12.8 Å². The van der Waals surface area contributed by atoms with Crippen LogP contribution in [0.1, 0.15) is 120 Å². The molecule has 0 aliphatic heterocycles. The third-order valence-electron chi connectivity index (χ3n) is 9.61. The summed E-state index contributed by atoms with van der Waals surface area (Å²) in [6, 6.07) is 31.9. The molecule has 0 nitrogen and oxygen atoms in total. The topological polar surface area (TPSA) is 0 Å². The van der Waals surface area contributed by atoms with Crippen molar-refractivity contribution < 1.29 is 24.2 Å². The summed E-state index contributed by atoms with van der Waals surface area (Å²) in [5.74, 6) is 0. The van der Waals surface area contributed by atoms with Crippen molar-refractivity contribution in [3.05, 3.63) is 166 Å². The zero-order valence-corrected chi connectivity index (χ0v) is 36.9. The van der Waals surface area contributed by atoms with Crippen molar-refractivity contribution in [1.29, 1.82) is 0 Å². The summed E-state index contributed by atoms with van der Waals surface area (Å²) < 4.78 is 3.34. The number of benzene rings is 4. The first-order valence-corrected chi connectivity index (χ1v) is 19.5. The van der Waals surface area contributed by atoms with Gasteiger partial charge in [-0.25, -0.2) is 18.2 Å². The van der Waals surface area contributed by atoms with Gasteiger partial charge in [0.2, 0.25) is 0 Å². The molecule has 0 amide bonds. The maximum atomic E-state index is 3.50. The van der Waals surface area contributed by atoms with E-state index in [1.54, 1.807) is 0 Å². The van der Waals surface area contributed by atoms with E-state index in [-0.39, 0.29) is 46.5 Å². The molecule has 0 saturated heterocycles. The molecule has 0 bridgehead atoms. The SMILES string of the molecule is CC(C)(C)c1cc[c-]cc1.CC(C)(C)c1cc[c-]cc1.CC1(C)[C-]=Cc2cc3c(cc21)Cc1cc2c(cc1-3)C=CC2(C)C.Cl.Cl.[C-]1=CC=CC1.[CH2]=[Zr]. The Bertz CT molecular complexity index is 1740. The molecule has 0 N–H and O–H groups in total. The molecule has 0 atom stereocenters. The molecule has 52 heavy (non-hydrogen) atoms. The van der Waals surface area contributed by atoms with E-state index < -0.39 is 0 Å². The Morgan fingerprint density at radius 2 is 1.15 bits per heavy atom. The Kier molecular flexibility index (Phi) is 16.5. The molecule has 0 radical (unpaired) electrons. The second-order valence-corrected chi connectivity index (χ2v) is 16.4. The van der Waals surface area contributed by atoms with Gasteiger partial charge in [-0.3, -0.25) is 12.2 Å². The quantitative estimate of drug-likeness (QED) is 0.137. The molecule has 4 aromatic rings. The predicted octanol–water partition coefficient (Wildman–Crippen LogP) is 13.4. The number of hydrogen-bond donors (Lipinski definition) is 0. The van der Waals surface area contributed by atoms with Crippen LogP contribution in [-0.4, -0.2) is 4.21 Å². The molecule has 0 heterocycles. The Morgan fingerprint density at radius 1 is 0.673 bits per heavy atom. The summed E-state index contributed by atoms with van der Waals surface area (Å²) in [5.41, 5.74) is 15.0. The van der Waals surface area contributed by atoms with Crippen LogP contribution < -0.4 is 0 Å². The van der Waals surface area contributed by atoms with E-state index in [0.29, 0.717) is 0 Å². The second kappa shape index (κ2) is 19.0. The molecule has 0 unspecified atom stereocenters. The Morgan fingerprint density at radius 3 is 1.56 bits per heavy atom. The summed E-state index contributed by atoms with van der Waals surface area (Å²) in [6.45, 7) is 22.4. The van der Waals surface area contributed by atoms with E-state index in [9.17, 15) is 0 Å². The van der Waals surface area contributed by atoms with Crippen LogP contribution in [0.15, 0.2) is 97.1 Å². The number of halogens is 2. The van der Waals surface area contributed by atoms with Crippen LogP contribution in [-0.2, 0) is 52.3 Å². The van der Waals surface area contributed by atoms with E-state index >= 15 is 0 Å². The molecular weight excluding hydrogens is 751 g/mol. The monoisotopic (exact) mass is 804 g/mol. The Hall–Kier alpha value is -2.83. The molecule has 0 spiro atoms. The summed E-state index contributed by atoms with van der Waals surface area (Å²) in [7, 11) is 0. The first-order valence-electron chi connectivity index (χ1n) is 17.7. The van der Waals surface area contributed by atoms with Crippen LogP contribution in [0.3, 0.4) is 0 Å². The van der Waals surface area contributed by atoms with Gasteiger partial charge >= 0.3 is 28.4 Å². The third-order valence-corrected chi connectivity index (χ3v) is 9.61. The van der Waals surface area contributed by atoms with Crippen molar-refractivity contribution in [3.63, 3.8) is 0 Å². The number of fused-ring (bicyclic) bond motifs is 5. The molecule has 4 aromatic carbocycles.